The van der Waals surface area contributed by atoms with Crippen molar-refractivity contribution in [3.8, 4) is 0 Å². The van der Waals surface area contributed by atoms with Gasteiger partial charge in [-0.15, -0.1) is 0 Å². The van der Waals surface area contributed by atoms with E-state index in [4.69, 9.17) is 0 Å². The molecule has 0 radical (unpaired) electrons. The number of carbonyl (C=O) groups excluding carboxylic acids is 1. The molecule has 3 rings (SSSR count). The molecule has 1 saturated carbocycles. The van der Waals surface area contributed by atoms with E-state index in [1.165, 1.54) is 32.1 Å². The van der Waals surface area contributed by atoms with Gasteiger partial charge in [-0.1, -0.05) is 53.4 Å². The van der Waals surface area contributed by atoms with Crippen LogP contribution >= 0.6 is 15.9 Å². The van der Waals surface area contributed by atoms with E-state index in [-0.39, 0.29) is 5.91 Å². The van der Waals surface area contributed by atoms with Crippen LogP contribution in [0.15, 0.2) is 47.1 Å². The molecule has 0 atom stereocenters. The third-order valence-electron chi connectivity index (χ3n) is 4.32. The van der Waals surface area contributed by atoms with Crippen molar-refractivity contribution in [2.45, 2.75) is 44.6 Å². The van der Waals surface area contributed by atoms with Gasteiger partial charge in [0, 0.05) is 10.5 Å². The summed E-state index contributed by atoms with van der Waals surface area (Å²) in [6.07, 6.45) is 8.52. The van der Waals surface area contributed by atoms with Gasteiger partial charge >= 0.3 is 0 Å². The highest BCUT2D eigenvalue weighted by Crippen LogP contribution is 2.22. The molecule has 0 aliphatic heterocycles. The Bertz CT molecular complexity index is 681. The second-order valence-corrected chi connectivity index (χ2v) is 7.08. The highest BCUT2D eigenvalue weighted by atomic mass is 79.9. The summed E-state index contributed by atoms with van der Waals surface area (Å²) in [6, 6.07) is 12.1. The predicted octanol–water partition coefficient (Wildman–Crippen LogP) is 4.77. The van der Waals surface area contributed by atoms with Crippen LogP contribution in [-0.2, 0) is 11.2 Å². The largest absolute Gasteiger partial charge is 0.381 e. The summed E-state index contributed by atoms with van der Waals surface area (Å²) in [5, 5.41) is 6.38. The summed E-state index contributed by atoms with van der Waals surface area (Å²) in [6.45, 7) is 0. The number of carbonyl (C=O) groups is 1. The Hall–Kier alpha value is -1.88. The van der Waals surface area contributed by atoms with E-state index in [0.717, 1.165) is 15.7 Å². The van der Waals surface area contributed by atoms with Crippen LogP contribution in [0.2, 0.25) is 0 Å². The van der Waals surface area contributed by atoms with Crippen LogP contribution < -0.4 is 10.6 Å². The number of hydrogen-bond donors (Lipinski definition) is 2. The third kappa shape index (κ3) is 4.81. The van der Waals surface area contributed by atoms with Gasteiger partial charge in [-0.2, -0.15) is 0 Å². The summed E-state index contributed by atoms with van der Waals surface area (Å²) < 4.78 is 0.945. The summed E-state index contributed by atoms with van der Waals surface area (Å²) in [7, 11) is 0. The molecular formula is C19H22BrN3O. The lowest BCUT2D eigenvalue weighted by Crippen LogP contribution is -2.22. The molecule has 1 amide bonds. The average Bonchev–Trinajstić information content (AvgIpc) is 2.60. The minimum absolute atomic E-state index is 0.0672. The van der Waals surface area contributed by atoms with Crippen LogP contribution in [0.1, 0.15) is 37.7 Å². The second kappa shape index (κ2) is 8.29. The smallest absolute Gasteiger partial charge is 0.229 e. The first kappa shape index (κ1) is 17.0. The Balaban J connectivity index is 1.53. The van der Waals surface area contributed by atoms with E-state index in [0.29, 0.717) is 18.3 Å². The first-order valence-corrected chi connectivity index (χ1v) is 9.26. The van der Waals surface area contributed by atoms with Crippen LogP contribution in [-0.4, -0.2) is 16.9 Å². The van der Waals surface area contributed by atoms with Crippen molar-refractivity contribution in [3.05, 3.63) is 52.6 Å². The molecule has 5 heteroatoms. The van der Waals surface area contributed by atoms with Crippen LogP contribution in [0.4, 0.5) is 11.5 Å². The SMILES string of the molecule is O=C(Cc1ccccc1Br)Nc1ccc(NC2CCCCC2)cn1. The van der Waals surface area contributed by atoms with Gasteiger partial charge < -0.3 is 10.6 Å². The topological polar surface area (TPSA) is 54.0 Å². The lowest BCUT2D eigenvalue weighted by molar-refractivity contribution is -0.115. The van der Waals surface area contributed by atoms with Gasteiger partial charge in [-0.3, -0.25) is 4.79 Å². The van der Waals surface area contributed by atoms with E-state index in [1.54, 1.807) is 6.20 Å². The zero-order valence-electron chi connectivity index (χ0n) is 13.6. The van der Waals surface area contributed by atoms with Crippen molar-refractivity contribution in [3.63, 3.8) is 0 Å². The summed E-state index contributed by atoms with van der Waals surface area (Å²) in [5.74, 6) is 0.517. The van der Waals surface area contributed by atoms with Crippen LogP contribution in [0.5, 0.6) is 0 Å². The molecule has 1 aliphatic rings. The normalized spacial score (nSPS) is 15.0. The van der Waals surface area contributed by atoms with E-state index in [2.05, 4.69) is 31.5 Å². The van der Waals surface area contributed by atoms with E-state index in [9.17, 15) is 4.79 Å². The molecule has 0 spiro atoms. The van der Waals surface area contributed by atoms with Gasteiger partial charge in [0.05, 0.1) is 18.3 Å². The maximum Gasteiger partial charge on any atom is 0.229 e. The molecule has 0 bridgehead atoms. The molecule has 1 aliphatic carbocycles. The molecule has 1 aromatic carbocycles. The number of nitrogens with one attached hydrogen (secondary N) is 2. The molecule has 0 saturated heterocycles. The molecule has 126 valence electrons. The summed E-state index contributed by atoms with van der Waals surface area (Å²) in [5.41, 5.74) is 1.98. The number of halogens is 1. The predicted molar refractivity (Wildman–Crippen MR) is 101 cm³/mol. The zero-order valence-corrected chi connectivity index (χ0v) is 15.2. The minimum atomic E-state index is -0.0672. The molecule has 24 heavy (non-hydrogen) atoms. The fraction of sp³-hybridized carbons (Fsp3) is 0.368. The number of rotatable bonds is 5. The molecule has 4 nitrogen and oxygen atoms in total. The Morgan fingerprint density at radius 1 is 1.12 bits per heavy atom. The quantitative estimate of drug-likeness (QED) is 0.776. The number of anilines is 2. The molecule has 1 fully saturated rings. The van der Waals surface area contributed by atoms with Crippen molar-refractivity contribution >= 4 is 33.3 Å². The fourth-order valence-corrected chi connectivity index (χ4v) is 3.46. The van der Waals surface area contributed by atoms with Gasteiger partial charge in [0.25, 0.3) is 0 Å². The Labute approximate surface area is 151 Å². The first-order valence-electron chi connectivity index (χ1n) is 8.46. The second-order valence-electron chi connectivity index (χ2n) is 6.23. The van der Waals surface area contributed by atoms with Crippen molar-refractivity contribution in [2.75, 3.05) is 10.6 Å². The van der Waals surface area contributed by atoms with Crippen molar-refractivity contribution in [1.82, 2.24) is 4.98 Å². The highest BCUT2D eigenvalue weighted by molar-refractivity contribution is 9.10. The lowest BCUT2D eigenvalue weighted by atomic mass is 9.95. The van der Waals surface area contributed by atoms with Gasteiger partial charge in [-0.05, 0) is 36.6 Å². The maximum absolute atomic E-state index is 12.1. The van der Waals surface area contributed by atoms with Crippen molar-refractivity contribution < 1.29 is 4.79 Å². The van der Waals surface area contributed by atoms with Crippen LogP contribution in [0.25, 0.3) is 0 Å². The minimum Gasteiger partial charge on any atom is -0.381 e. The number of hydrogen-bond acceptors (Lipinski definition) is 3. The van der Waals surface area contributed by atoms with Crippen molar-refractivity contribution in [2.24, 2.45) is 0 Å². The average molecular weight is 388 g/mol. The van der Waals surface area contributed by atoms with Crippen LogP contribution in [0, 0.1) is 0 Å². The Kier molecular flexibility index (Phi) is 5.86. The maximum atomic E-state index is 12.1. The van der Waals surface area contributed by atoms with Gasteiger partial charge in [0.2, 0.25) is 5.91 Å². The van der Waals surface area contributed by atoms with Gasteiger partial charge in [-0.25, -0.2) is 4.98 Å². The van der Waals surface area contributed by atoms with E-state index < -0.39 is 0 Å². The Morgan fingerprint density at radius 3 is 2.62 bits per heavy atom. The number of pyridine rings is 1. The summed E-state index contributed by atoms with van der Waals surface area (Å²) >= 11 is 3.46. The lowest BCUT2D eigenvalue weighted by Gasteiger charge is -2.23. The summed E-state index contributed by atoms with van der Waals surface area (Å²) in [4.78, 5) is 16.5. The van der Waals surface area contributed by atoms with E-state index in [1.807, 2.05) is 36.4 Å². The van der Waals surface area contributed by atoms with Crippen LogP contribution in [0.3, 0.4) is 0 Å². The van der Waals surface area contributed by atoms with Crippen molar-refractivity contribution in [1.29, 1.82) is 0 Å². The molecule has 0 unspecified atom stereocenters. The third-order valence-corrected chi connectivity index (χ3v) is 5.09. The molecule has 2 aromatic rings. The number of aromatic nitrogens is 1. The Morgan fingerprint density at radius 2 is 1.92 bits per heavy atom. The molecule has 2 N–H and O–H groups in total. The molecular weight excluding hydrogens is 366 g/mol. The fourth-order valence-electron chi connectivity index (χ4n) is 3.04. The zero-order chi connectivity index (χ0) is 16.8. The van der Waals surface area contributed by atoms with Gasteiger partial charge in [0.1, 0.15) is 5.82 Å². The van der Waals surface area contributed by atoms with E-state index >= 15 is 0 Å². The van der Waals surface area contributed by atoms with Gasteiger partial charge in [0.15, 0.2) is 0 Å². The number of amides is 1. The molecule has 1 heterocycles. The highest BCUT2D eigenvalue weighted by Gasteiger charge is 2.13. The first-order chi connectivity index (χ1) is 11.7. The number of nitrogens with zero attached hydrogens (tertiary/aromatic N) is 1. The number of benzene rings is 1. The monoisotopic (exact) mass is 387 g/mol. The standard InChI is InChI=1S/C19H22BrN3O/c20-17-9-5-4-6-14(17)12-19(24)23-18-11-10-16(13-21-18)22-15-7-2-1-3-8-15/h4-6,9-11,13,15,22H,1-3,7-8,12H2,(H,21,23,24). The molecule has 1 aromatic heterocycles.